The second kappa shape index (κ2) is 4.49. The van der Waals surface area contributed by atoms with Crippen LogP contribution < -0.4 is 5.32 Å². The molecule has 1 aromatic rings. The van der Waals surface area contributed by atoms with Gasteiger partial charge in [-0.2, -0.15) is 0 Å². The highest BCUT2D eigenvalue weighted by Crippen LogP contribution is 2.28. The van der Waals surface area contributed by atoms with Gasteiger partial charge >= 0.3 is 0 Å². The number of hydrogen-bond donors (Lipinski definition) is 1. The molecular formula is C11H17N3S. The van der Waals surface area contributed by atoms with E-state index < -0.39 is 0 Å². The summed E-state index contributed by atoms with van der Waals surface area (Å²) in [6.07, 6.45) is 4.49. The van der Waals surface area contributed by atoms with Crippen LogP contribution in [0.15, 0.2) is 5.16 Å². The lowest BCUT2D eigenvalue weighted by molar-refractivity contribution is 0.623. The molecule has 1 atom stereocenters. The third kappa shape index (κ3) is 2.16. The monoisotopic (exact) mass is 223 g/mol. The van der Waals surface area contributed by atoms with Crippen molar-refractivity contribution in [2.24, 2.45) is 0 Å². The van der Waals surface area contributed by atoms with Crippen molar-refractivity contribution >= 4 is 11.8 Å². The van der Waals surface area contributed by atoms with Crippen molar-refractivity contribution in [3.05, 3.63) is 17.0 Å². The van der Waals surface area contributed by atoms with Gasteiger partial charge in [-0.3, -0.25) is 0 Å². The summed E-state index contributed by atoms with van der Waals surface area (Å²) in [6.45, 7) is 5.29. The lowest BCUT2D eigenvalue weighted by Gasteiger charge is -2.16. The van der Waals surface area contributed by atoms with Crippen molar-refractivity contribution in [3.63, 3.8) is 0 Å². The zero-order valence-electron chi connectivity index (χ0n) is 9.50. The van der Waals surface area contributed by atoms with Gasteiger partial charge in [0.05, 0.1) is 0 Å². The molecule has 0 aromatic carbocycles. The fraction of sp³-hybridized carbons (Fsp3) is 0.636. The molecule has 0 aliphatic carbocycles. The summed E-state index contributed by atoms with van der Waals surface area (Å²) in [6, 6.07) is 0.473. The number of aryl methyl sites for hydroxylation is 2. The Kier molecular flexibility index (Phi) is 3.26. The molecule has 4 heteroatoms. The molecule has 1 fully saturated rings. The standard InChI is InChI=1S/C11H17N3S/c1-7-10(9-5-4-6-12-9)8(2)14-11(13-7)15-3/h9,12H,4-6H2,1-3H3. The minimum absolute atomic E-state index is 0.473. The van der Waals surface area contributed by atoms with Gasteiger partial charge in [-0.15, -0.1) is 0 Å². The minimum atomic E-state index is 0.473. The Morgan fingerprint density at radius 3 is 2.40 bits per heavy atom. The van der Waals surface area contributed by atoms with E-state index in [9.17, 15) is 0 Å². The van der Waals surface area contributed by atoms with Crippen LogP contribution in [0.5, 0.6) is 0 Å². The van der Waals surface area contributed by atoms with Gasteiger partial charge in [0, 0.05) is 23.0 Å². The SMILES string of the molecule is CSc1nc(C)c(C2CCCN2)c(C)n1. The molecule has 82 valence electrons. The topological polar surface area (TPSA) is 37.8 Å². The molecule has 0 amide bonds. The first-order valence-electron chi connectivity index (χ1n) is 5.35. The van der Waals surface area contributed by atoms with E-state index in [1.54, 1.807) is 11.8 Å². The molecule has 2 rings (SSSR count). The lowest BCUT2D eigenvalue weighted by atomic mass is 10.0. The lowest BCUT2D eigenvalue weighted by Crippen LogP contribution is -2.17. The highest BCUT2D eigenvalue weighted by atomic mass is 32.2. The van der Waals surface area contributed by atoms with Crippen LogP contribution in [0.3, 0.4) is 0 Å². The summed E-state index contributed by atoms with van der Waals surface area (Å²) < 4.78 is 0. The molecule has 1 N–H and O–H groups in total. The van der Waals surface area contributed by atoms with Crippen molar-refractivity contribution in [3.8, 4) is 0 Å². The van der Waals surface area contributed by atoms with E-state index >= 15 is 0 Å². The van der Waals surface area contributed by atoms with Gasteiger partial charge in [0.15, 0.2) is 5.16 Å². The van der Waals surface area contributed by atoms with Crippen molar-refractivity contribution < 1.29 is 0 Å². The van der Waals surface area contributed by atoms with Gasteiger partial charge in [0.2, 0.25) is 0 Å². The van der Waals surface area contributed by atoms with E-state index in [4.69, 9.17) is 0 Å². The summed E-state index contributed by atoms with van der Waals surface area (Å²) in [4.78, 5) is 9.02. The zero-order chi connectivity index (χ0) is 10.8. The van der Waals surface area contributed by atoms with Gasteiger partial charge in [-0.25, -0.2) is 9.97 Å². The fourth-order valence-electron chi connectivity index (χ4n) is 2.22. The Morgan fingerprint density at radius 2 is 1.93 bits per heavy atom. The van der Waals surface area contributed by atoms with Crippen molar-refractivity contribution in [2.45, 2.75) is 37.9 Å². The van der Waals surface area contributed by atoms with E-state index in [1.807, 2.05) is 6.26 Å². The van der Waals surface area contributed by atoms with Crippen molar-refractivity contribution in [2.75, 3.05) is 12.8 Å². The van der Waals surface area contributed by atoms with Crippen molar-refractivity contribution in [1.29, 1.82) is 0 Å². The van der Waals surface area contributed by atoms with Crippen molar-refractivity contribution in [1.82, 2.24) is 15.3 Å². The predicted octanol–water partition coefficient (Wildman–Crippen LogP) is 2.24. The molecule has 0 saturated carbocycles. The average molecular weight is 223 g/mol. The Hall–Kier alpha value is -0.610. The Labute approximate surface area is 95.1 Å². The second-order valence-electron chi connectivity index (χ2n) is 3.94. The smallest absolute Gasteiger partial charge is 0.187 e. The van der Waals surface area contributed by atoms with Crippen LogP contribution in [0.25, 0.3) is 0 Å². The molecule has 0 radical (unpaired) electrons. The van der Waals surface area contributed by atoms with E-state index in [0.29, 0.717) is 6.04 Å². The molecule has 0 bridgehead atoms. The third-order valence-corrected chi connectivity index (χ3v) is 3.45. The number of rotatable bonds is 2. The summed E-state index contributed by atoms with van der Waals surface area (Å²) in [5, 5.41) is 4.39. The van der Waals surface area contributed by atoms with Gasteiger partial charge in [0.25, 0.3) is 0 Å². The van der Waals surface area contributed by atoms with Gasteiger partial charge in [-0.05, 0) is 39.5 Å². The molecule has 1 aromatic heterocycles. The molecule has 1 saturated heterocycles. The van der Waals surface area contributed by atoms with E-state index in [-0.39, 0.29) is 0 Å². The minimum Gasteiger partial charge on any atom is -0.310 e. The van der Waals surface area contributed by atoms with Gasteiger partial charge in [-0.1, -0.05) is 11.8 Å². The number of thioether (sulfide) groups is 1. The van der Waals surface area contributed by atoms with E-state index in [2.05, 4.69) is 29.1 Å². The number of nitrogens with zero attached hydrogens (tertiary/aromatic N) is 2. The van der Waals surface area contributed by atoms with Crippen LogP contribution in [-0.2, 0) is 0 Å². The number of hydrogen-bond acceptors (Lipinski definition) is 4. The number of nitrogens with one attached hydrogen (secondary N) is 1. The third-order valence-electron chi connectivity index (χ3n) is 2.90. The first-order chi connectivity index (χ1) is 7.22. The van der Waals surface area contributed by atoms with Crippen LogP contribution in [0.2, 0.25) is 0 Å². The maximum atomic E-state index is 4.51. The Morgan fingerprint density at radius 1 is 1.27 bits per heavy atom. The van der Waals surface area contributed by atoms with E-state index in [0.717, 1.165) is 23.1 Å². The number of aromatic nitrogens is 2. The maximum absolute atomic E-state index is 4.51. The van der Waals surface area contributed by atoms with Crippen LogP contribution in [0.4, 0.5) is 0 Å². The van der Waals surface area contributed by atoms with Crippen LogP contribution in [-0.4, -0.2) is 22.8 Å². The summed E-state index contributed by atoms with van der Waals surface area (Å²) >= 11 is 1.61. The highest BCUT2D eigenvalue weighted by Gasteiger charge is 2.21. The molecule has 1 unspecified atom stereocenters. The molecule has 15 heavy (non-hydrogen) atoms. The predicted molar refractivity (Wildman–Crippen MR) is 63.3 cm³/mol. The van der Waals surface area contributed by atoms with Crippen LogP contribution in [0.1, 0.15) is 35.8 Å². The first kappa shape index (κ1) is 10.9. The van der Waals surface area contributed by atoms with Gasteiger partial charge in [0.1, 0.15) is 0 Å². The normalized spacial score (nSPS) is 20.9. The zero-order valence-corrected chi connectivity index (χ0v) is 10.3. The van der Waals surface area contributed by atoms with Crippen LogP contribution in [0, 0.1) is 13.8 Å². The molecule has 1 aliphatic heterocycles. The maximum Gasteiger partial charge on any atom is 0.187 e. The molecular weight excluding hydrogens is 206 g/mol. The summed E-state index contributed by atoms with van der Waals surface area (Å²) in [5.41, 5.74) is 3.57. The summed E-state index contributed by atoms with van der Waals surface area (Å²) in [7, 11) is 0. The second-order valence-corrected chi connectivity index (χ2v) is 4.72. The Balaban J connectivity index is 2.37. The quantitative estimate of drug-likeness (QED) is 0.616. The average Bonchev–Trinajstić information content (AvgIpc) is 2.69. The molecule has 2 heterocycles. The fourth-order valence-corrected chi connectivity index (χ4v) is 2.68. The highest BCUT2D eigenvalue weighted by molar-refractivity contribution is 7.98. The van der Waals surface area contributed by atoms with Gasteiger partial charge < -0.3 is 5.32 Å². The molecule has 3 nitrogen and oxygen atoms in total. The molecule has 0 spiro atoms. The molecule has 1 aliphatic rings. The first-order valence-corrected chi connectivity index (χ1v) is 6.57. The largest absolute Gasteiger partial charge is 0.310 e. The summed E-state index contributed by atoms with van der Waals surface area (Å²) in [5.74, 6) is 0. The van der Waals surface area contributed by atoms with Crippen LogP contribution >= 0.6 is 11.8 Å². The Bertz CT molecular complexity index is 336. The van der Waals surface area contributed by atoms with E-state index in [1.165, 1.54) is 18.4 Å².